The van der Waals surface area contributed by atoms with E-state index in [1.165, 1.54) is 26.4 Å². The van der Waals surface area contributed by atoms with Crippen molar-refractivity contribution >= 4 is 57.6 Å². The number of pyridine rings is 1. The standard InChI is InChI=1S/C34H38Cl2N8O5/c1-5-27(45)39-23-18-49-19-24(23)40-34-37-16-20-14-22(29-30(35)25(47-3)15-26(48-4)31(29)36)33-38-21(17-44(33)32(20)41-34)8-7-9-42-10-12-43(13-11-42)28(46)6-2/h5-6,14-17,23-24H,1-2,7-13,18-19H2,3-4H3,(H,39,45)(H,37,40,41)/t23-,24+/m1/s1. The number of imidazole rings is 1. The Morgan fingerprint density at radius 1 is 1.00 bits per heavy atom. The van der Waals surface area contributed by atoms with E-state index in [0.29, 0.717) is 82.6 Å². The maximum absolute atomic E-state index is 12.0. The fourth-order valence-electron chi connectivity index (χ4n) is 6.22. The highest BCUT2D eigenvalue weighted by atomic mass is 35.5. The largest absolute Gasteiger partial charge is 0.495 e. The molecule has 0 aliphatic carbocycles. The van der Waals surface area contributed by atoms with Gasteiger partial charge in [-0.3, -0.25) is 18.9 Å². The lowest BCUT2D eigenvalue weighted by atomic mass is 10.0. The van der Waals surface area contributed by atoms with E-state index in [1.807, 2.05) is 21.6 Å². The van der Waals surface area contributed by atoms with Crippen LogP contribution in [-0.2, 0) is 20.7 Å². The van der Waals surface area contributed by atoms with Crippen molar-refractivity contribution in [2.45, 2.75) is 24.9 Å². The van der Waals surface area contributed by atoms with Crippen LogP contribution in [0.4, 0.5) is 5.95 Å². The van der Waals surface area contributed by atoms with Crippen molar-refractivity contribution in [2.24, 2.45) is 0 Å². The van der Waals surface area contributed by atoms with Gasteiger partial charge in [0, 0.05) is 61.2 Å². The van der Waals surface area contributed by atoms with Gasteiger partial charge in [0.25, 0.3) is 0 Å². The first-order valence-electron chi connectivity index (χ1n) is 15.9. The van der Waals surface area contributed by atoms with Gasteiger partial charge in [0.15, 0.2) is 5.65 Å². The minimum absolute atomic E-state index is 0.0285. The molecular formula is C34H38Cl2N8O5. The van der Waals surface area contributed by atoms with Crippen LogP contribution in [0, 0.1) is 0 Å². The third-order valence-corrected chi connectivity index (χ3v) is 9.59. The van der Waals surface area contributed by atoms with Crippen LogP contribution in [0.15, 0.2) is 49.8 Å². The number of nitrogens with zero attached hydrogens (tertiary/aromatic N) is 6. The van der Waals surface area contributed by atoms with E-state index in [2.05, 4.69) is 33.7 Å². The number of amides is 2. The number of ether oxygens (including phenoxy) is 3. The molecule has 2 fully saturated rings. The summed E-state index contributed by atoms with van der Waals surface area (Å²) >= 11 is 13.8. The van der Waals surface area contributed by atoms with Gasteiger partial charge in [-0.25, -0.2) is 9.97 Å². The van der Waals surface area contributed by atoms with Crippen LogP contribution in [0.5, 0.6) is 11.5 Å². The first-order valence-corrected chi connectivity index (χ1v) is 16.7. The lowest BCUT2D eigenvalue weighted by Gasteiger charge is -2.34. The molecule has 0 radical (unpaired) electrons. The molecule has 13 nitrogen and oxygen atoms in total. The van der Waals surface area contributed by atoms with Gasteiger partial charge in [-0.1, -0.05) is 36.4 Å². The van der Waals surface area contributed by atoms with Crippen molar-refractivity contribution in [1.82, 2.24) is 34.5 Å². The Hall–Kier alpha value is -4.43. The SMILES string of the molecule is C=CC(=O)N[C@@H]1COC[C@@H]1Nc1ncc2cc(-c3c(Cl)c(OC)cc(OC)c3Cl)c3nc(CCCN4CCN(C(=O)C=C)CC4)cn3c2n1. The zero-order chi connectivity index (χ0) is 34.7. The second-order valence-electron chi connectivity index (χ2n) is 11.8. The van der Waals surface area contributed by atoms with Gasteiger partial charge in [-0.05, 0) is 37.6 Å². The van der Waals surface area contributed by atoms with E-state index in [1.54, 1.807) is 12.3 Å². The summed E-state index contributed by atoms with van der Waals surface area (Å²) in [6, 6.07) is 3.04. The number of hydrogen-bond donors (Lipinski definition) is 2. The number of rotatable bonds is 12. The molecule has 0 unspecified atom stereocenters. The average molecular weight is 710 g/mol. The monoisotopic (exact) mass is 708 g/mol. The lowest BCUT2D eigenvalue weighted by Crippen LogP contribution is -2.48. The normalized spacial score (nSPS) is 18.1. The van der Waals surface area contributed by atoms with Crippen LogP contribution < -0.4 is 20.1 Å². The molecule has 2 atom stereocenters. The molecule has 5 heterocycles. The number of piperazine rings is 1. The van der Waals surface area contributed by atoms with E-state index in [9.17, 15) is 9.59 Å². The Balaban J connectivity index is 1.35. The second kappa shape index (κ2) is 15.0. The topological polar surface area (TPSA) is 135 Å². The zero-order valence-corrected chi connectivity index (χ0v) is 28.9. The van der Waals surface area contributed by atoms with Crippen molar-refractivity contribution in [3.8, 4) is 22.6 Å². The molecule has 2 aliphatic rings. The van der Waals surface area contributed by atoms with Crippen molar-refractivity contribution in [2.75, 3.05) is 65.5 Å². The highest BCUT2D eigenvalue weighted by Gasteiger charge is 2.30. The molecule has 49 heavy (non-hydrogen) atoms. The second-order valence-corrected chi connectivity index (χ2v) is 12.6. The van der Waals surface area contributed by atoms with Crippen molar-refractivity contribution < 1.29 is 23.8 Å². The van der Waals surface area contributed by atoms with Gasteiger partial charge in [-0.15, -0.1) is 0 Å². The highest BCUT2D eigenvalue weighted by molar-refractivity contribution is 6.41. The van der Waals surface area contributed by atoms with Crippen molar-refractivity contribution in [1.29, 1.82) is 0 Å². The molecule has 2 saturated heterocycles. The third kappa shape index (κ3) is 7.16. The van der Waals surface area contributed by atoms with Crippen LogP contribution in [0.3, 0.4) is 0 Å². The zero-order valence-electron chi connectivity index (χ0n) is 27.4. The Kier molecular flexibility index (Phi) is 10.5. The highest BCUT2D eigenvalue weighted by Crippen LogP contribution is 2.47. The summed E-state index contributed by atoms with van der Waals surface area (Å²) in [5.41, 5.74) is 3.26. The van der Waals surface area contributed by atoms with Gasteiger partial charge >= 0.3 is 0 Å². The summed E-state index contributed by atoms with van der Waals surface area (Å²) in [4.78, 5) is 42.7. The summed E-state index contributed by atoms with van der Waals surface area (Å²) in [7, 11) is 3.06. The van der Waals surface area contributed by atoms with Crippen LogP contribution in [0.25, 0.3) is 27.8 Å². The molecule has 1 aromatic carbocycles. The summed E-state index contributed by atoms with van der Waals surface area (Å²) in [6.07, 6.45) is 7.86. The molecule has 2 N–H and O–H groups in total. The minimum Gasteiger partial charge on any atom is -0.495 e. The Bertz CT molecular complexity index is 1880. The van der Waals surface area contributed by atoms with E-state index >= 15 is 0 Å². The first-order chi connectivity index (χ1) is 23.7. The number of benzene rings is 1. The number of aryl methyl sites for hydroxylation is 1. The molecule has 3 aromatic heterocycles. The molecule has 0 spiro atoms. The van der Waals surface area contributed by atoms with Crippen LogP contribution in [0.2, 0.25) is 10.0 Å². The molecule has 6 rings (SSSR count). The number of carbonyl (C=O) groups excluding carboxylic acids is 2. The van der Waals surface area contributed by atoms with Crippen molar-refractivity contribution in [3.63, 3.8) is 0 Å². The Morgan fingerprint density at radius 3 is 2.39 bits per heavy atom. The average Bonchev–Trinajstić information content (AvgIpc) is 3.75. The van der Waals surface area contributed by atoms with E-state index in [-0.39, 0.29) is 23.9 Å². The molecule has 2 aliphatic heterocycles. The molecule has 2 amide bonds. The number of fused-ring (bicyclic) bond motifs is 3. The van der Waals surface area contributed by atoms with E-state index in [0.717, 1.165) is 37.1 Å². The molecule has 258 valence electrons. The lowest BCUT2D eigenvalue weighted by molar-refractivity contribution is -0.127. The molecule has 0 bridgehead atoms. The van der Waals surface area contributed by atoms with Gasteiger partial charge < -0.3 is 29.7 Å². The summed E-state index contributed by atoms with van der Waals surface area (Å²) < 4.78 is 18.7. The maximum Gasteiger partial charge on any atom is 0.246 e. The number of hydrogen-bond acceptors (Lipinski definition) is 10. The fourth-order valence-corrected chi connectivity index (χ4v) is 6.93. The quantitative estimate of drug-likeness (QED) is 0.208. The Labute approximate surface area is 293 Å². The fraction of sp³-hybridized carbons (Fsp3) is 0.382. The predicted octanol–water partition coefficient (Wildman–Crippen LogP) is 4.01. The molecular weight excluding hydrogens is 671 g/mol. The first kappa shape index (κ1) is 34.4. The predicted molar refractivity (Wildman–Crippen MR) is 189 cm³/mol. The summed E-state index contributed by atoms with van der Waals surface area (Å²) in [6.45, 7) is 11.7. The molecule has 15 heteroatoms. The minimum atomic E-state index is -0.279. The van der Waals surface area contributed by atoms with Gasteiger partial charge in [-0.2, -0.15) is 4.98 Å². The molecule has 0 saturated carbocycles. The van der Waals surface area contributed by atoms with Gasteiger partial charge in [0.05, 0.1) is 55.3 Å². The maximum atomic E-state index is 12.0. The van der Waals surface area contributed by atoms with Crippen LogP contribution in [-0.4, -0.2) is 113 Å². The van der Waals surface area contributed by atoms with Crippen LogP contribution >= 0.6 is 23.2 Å². The number of methoxy groups -OCH3 is 2. The number of carbonyl (C=O) groups is 2. The van der Waals surface area contributed by atoms with Crippen molar-refractivity contribution in [3.05, 3.63) is 65.6 Å². The number of anilines is 1. The van der Waals surface area contributed by atoms with Crippen LogP contribution in [0.1, 0.15) is 12.1 Å². The van der Waals surface area contributed by atoms with E-state index in [4.69, 9.17) is 47.4 Å². The Morgan fingerprint density at radius 2 is 1.71 bits per heavy atom. The number of halogens is 2. The third-order valence-electron chi connectivity index (χ3n) is 8.84. The van der Waals surface area contributed by atoms with Gasteiger partial charge in [0.2, 0.25) is 17.8 Å². The summed E-state index contributed by atoms with van der Waals surface area (Å²) in [5.74, 6) is 0.882. The van der Waals surface area contributed by atoms with Gasteiger partial charge in [0.1, 0.15) is 17.1 Å². The molecule has 4 aromatic rings. The summed E-state index contributed by atoms with van der Waals surface area (Å²) in [5, 5.41) is 7.57. The smallest absolute Gasteiger partial charge is 0.246 e. The number of aromatic nitrogens is 4. The van der Waals surface area contributed by atoms with E-state index < -0.39 is 0 Å². The number of nitrogens with one attached hydrogen (secondary N) is 2.